The molecule has 0 spiro atoms. The first kappa shape index (κ1) is 12.9. The molecule has 0 saturated carbocycles. The zero-order chi connectivity index (χ0) is 13.8. The number of nitrogens with zero attached hydrogens (tertiary/aromatic N) is 3. The van der Waals surface area contributed by atoms with E-state index in [1.54, 1.807) is 18.5 Å². The summed E-state index contributed by atoms with van der Waals surface area (Å²) in [5.41, 5.74) is 6.65. The number of carbonyl (C=O) groups is 1. The number of rotatable bonds is 5. The van der Waals surface area contributed by atoms with Gasteiger partial charge < -0.3 is 20.7 Å². The lowest BCUT2D eigenvalue weighted by atomic mass is 10.1. The van der Waals surface area contributed by atoms with Crippen LogP contribution >= 0.6 is 0 Å². The topological polar surface area (TPSA) is 106 Å². The number of carboxylic acid groups (broad SMARTS) is 1. The minimum Gasteiger partial charge on any atom is -0.478 e. The molecular weight excluding hydrogens is 246 g/mol. The Hall–Kier alpha value is -2.57. The molecule has 0 unspecified atom stereocenters. The maximum atomic E-state index is 11.1. The van der Waals surface area contributed by atoms with Crippen LogP contribution in [0.3, 0.4) is 0 Å². The summed E-state index contributed by atoms with van der Waals surface area (Å²) in [6, 6.07) is 4.72. The minimum atomic E-state index is -1.02. The highest BCUT2D eigenvalue weighted by Gasteiger charge is 2.11. The van der Waals surface area contributed by atoms with E-state index in [0.29, 0.717) is 17.9 Å². The highest BCUT2D eigenvalue weighted by atomic mass is 16.4. The van der Waals surface area contributed by atoms with Gasteiger partial charge in [0.1, 0.15) is 6.33 Å². The van der Waals surface area contributed by atoms with Gasteiger partial charge in [0.15, 0.2) is 5.82 Å². The van der Waals surface area contributed by atoms with Gasteiger partial charge in [-0.2, -0.15) is 0 Å². The Morgan fingerprint density at radius 3 is 3.00 bits per heavy atom. The molecule has 0 saturated heterocycles. The van der Waals surface area contributed by atoms with Gasteiger partial charge in [-0.1, -0.05) is 0 Å². The van der Waals surface area contributed by atoms with Crippen molar-refractivity contribution in [2.75, 3.05) is 11.1 Å². The summed E-state index contributed by atoms with van der Waals surface area (Å²) in [6.07, 6.45) is 1.64. The standard InChI is InChI=1S/C12H15N5O2/c1-2-17-7-15-16-11(17)6-14-10-4-3-8(13)5-9(10)12(18)19/h3-5,7,14H,2,6,13H2,1H3,(H,18,19). The second-order valence-corrected chi connectivity index (χ2v) is 4.00. The Bertz CT molecular complexity index is 594. The van der Waals surface area contributed by atoms with E-state index < -0.39 is 5.97 Å². The largest absolute Gasteiger partial charge is 0.478 e. The van der Waals surface area contributed by atoms with E-state index in [-0.39, 0.29) is 5.56 Å². The molecule has 7 nitrogen and oxygen atoms in total. The van der Waals surface area contributed by atoms with Gasteiger partial charge in [0, 0.05) is 17.9 Å². The van der Waals surface area contributed by atoms with Crippen molar-refractivity contribution in [3.8, 4) is 0 Å². The number of benzene rings is 1. The molecule has 1 heterocycles. The van der Waals surface area contributed by atoms with Crippen LogP contribution in [-0.2, 0) is 13.1 Å². The Morgan fingerprint density at radius 2 is 2.32 bits per heavy atom. The molecule has 0 radical (unpaired) electrons. The highest BCUT2D eigenvalue weighted by Crippen LogP contribution is 2.19. The average Bonchev–Trinajstić information content (AvgIpc) is 2.84. The predicted octanol–water partition coefficient (Wildman–Crippen LogP) is 1.19. The fourth-order valence-corrected chi connectivity index (χ4v) is 1.75. The second kappa shape index (κ2) is 5.38. The molecule has 0 fully saturated rings. The number of aromatic nitrogens is 3. The van der Waals surface area contributed by atoms with Gasteiger partial charge in [0.25, 0.3) is 0 Å². The van der Waals surface area contributed by atoms with Crippen LogP contribution in [-0.4, -0.2) is 25.8 Å². The van der Waals surface area contributed by atoms with E-state index in [4.69, 9.17) is 10.8 Å². The summed E-state index contributed by atoms with van der Waals surface area (Å²) in [5, 5.41) is 19.9. The van der Waals surface area contributed by atoms with Crippen molar-refractivity contribution in [2.45, 2.75) is 20.0 Å². The van der Waals surface area contributed by atoms with E-state index in [2.05, 4.69) is 15.5 Å². The van der Waals surface area contributed by atoms with Crippen molar-refractivity contribution in [1.82, 2.24) is 14.8 Å². The van der Waals surface area contributed by atoms with Gasteiger partial charge in [0.05, 0.1) is 12.1 Å². The predicted molar refractivity (Wildman–Crippen MR) is 70.8 cm³/mol. The van der Waals surface area contributed by atoms with Crippen molar-refractivity contribution < 1.29 is 9.90 Å². The van der Waals surface area contributed by atoms with E-state index in [0.717, 1.165) is 12.4 Å². The first-order valence-corrected chi connectivity index (χ1v) is 5.85. The van der Waals surface area contributed by atoms with Crippen molar-refractivity contribution in [2.24, 2.45) is 0 Å². The number of aryl methyl sites for hydroxylation is 1. The van der Waals surface area contributed by atoms with Crippen LogP contribution in [0.15, 0.2) is 24.5 Å². The number of carboxylic acids is 1. The lowest BCUT2D eigenvalue weighted by Gasteiger charge is -2.10. The number of nitrogens with one attached hydrogen (secondary N) is 1. The zero-order valence-corrected chi connectivity index (χ0v) is 10.5. The maximum absolute atomic E-state index is 11.1. The van der Waals surface area contributed by atoms with Gasteiger partial charge in [-0.3, -0.25) is 0 Å². The van der Waals surface area contributed by atoms with Crippen LogP contribution in [0.1, 0.15) is 23.1 Å². The first-order valence-electron chi connectivity index (χ1n) is 5.85. The van der Waals surface area contributed by atoms with Gasteiger partial charge in [-0.05, 0) is 25.1 Å². The normalized spacial score (nSPS) is 10.4. The van der Waals surface area contributed by atoms with Crippen molar-refractivity contribution in [3.05, 3.63) is 35.9 Å². The fraction of sp³-hybridized carbons (Fsp3) is 0.250. The van der Waals surface area contributed by atoms with E-state index in [1.807, 2.05) is 11.5 Å². The van der Waals surface area contributed by atoms with Crippen LogP contribution < -0.4 is 11.1 Å². The number of anilines is 2. The molecule has 1 aromatic carbocycles. The summed E-state index contributed by atoms with van der Waals surface area (Å²) in [6.45, 7) is 3.15. The third kappa shape index (κ3) is 2.82. The molecule has 2 rings (SSSR count). The highest BCUT2D eigenvalue weighted by molar-refractivity contribution is 5.95. The van der Waals surface area contributed by atoms with Crippen molar-refractivity contribution >= 4 is 17.3 Å². The Balaban J connectivity index is 2.18. The molecular formula is C12H15N5O2. The Kier molecular flexibility index (Phi) is 3.65. The average molecular weight is 261 g/mol. The summed E-state index contributed by atoms with van der Waals surface area (Å²) in [4.78, 5) is 11.1. The first-order chi connectivity index (χ1) is 9.11. The molecule has 0 amide bonds. The summed E-state index contributed by atoms with van der Waals surface area (Å²) in [7, 11) is 0. The molecule has 0 atom stereocenters. The Morgan fingerprint density at radius 1 is 1.53 bits per heavy atom. The lowest BCUT2D eigenvalue weighted by Crippen LogP contribution is -2.10. The molecule has 0 bridgehead atoms. The lowest BCUT2D eigenvalue weighted by molar-refractivity contribution is 0.0698. The second-order valence-electron chi connectivity index (χ2n) is 4.00. The molecule has 0 aliphatic rings. The third-order valence-electron chi connectivity index (χ3n) is 2.75. The SMILES string of the molecule is CCn1cnnc1CNc1ccc(N)cc1C(=O)O. The van der Waals surface area contributed by atoms with Crippen LogP contribution in [0, 0.1) is 0 Å². The summed E-state index contributed by atoms with van der Waals surface area (Å²) < 4.78 is 1.88. The van der Waals surface area contributed by atoms with Crippen LogP contribution in [0.5, 0.6) is 0 Å². The summed E-state index contributed by atoms with van der Waals surface area (Å²) >= 11 is 0. The third-order valence-corrected chi connectivity index (χ3v) is 2.75. The number of hydrogen-bond donors (Lipinski definition) is 3. The maximum Gasteiger partial charge on any atom is 0.337 e. The van der Waals surface area contributed by atoms with E-state index in [1.165, 1.54) is 6.07 Å². The number of aromatic carboxylic acids is 1. The molecule has 7 heteroatoms. The quantitative estimate of drug-likeness (QED) is 0.698. The van der Waals surface area contributed by atoms with Crippen LogP contribution in [0.25, 0.3) is 0 Å². The van der Waals surface area contributed by atoms with E-state index in [9.17, 15) is 4.79 Å². The monoisotopic (exact) mass is 261 g/mol. The number of nitrogens with two attached hydrogens (primary N) is 1. The van der Waals surface area contributed by atoms with Gasteiger partial charge >= 0.3 is 5.97 Å². The smallest absolute Gasteiger partial charge is 0.337 e. The summed E-state index contributed by atoms with van der Waals surface area (Å²) in [5.74, 6) is -0.276. The number of hydrogen-bond acceptors (Lipinski definition) is 5. The van der Waals surface area contributed by atoms with Crippen molar-refractivity contribution in [1.29, 1.82) is 0 Å². The van der Waals surface area contributed by atoms with Crippen LogP contribution in [0.4, 0.5) is 11.4 Å². The molecule has 4 N–H and O–H groups in total. The number of nitrogen functional groups attached to an aromatic ring is 1. The molecule has 0 aliphatic heterocycles. The Labute approximate surface area is 110 Å². The van der Waals surface area contributed by atoms with Crippen LogP contribution in [0.2, 0.25) is 0 Å². The van der Waals surface area contributed by atoms with Gasteiger partial charge in [0.2, 0.25) is 0 Å². The molecule has 100 valence electrons. The molecule has 2 aromatic rings. The van der Waals surface area contributed by atoms with Gasteiger partial charge in [-0.25, -0.2) is 4.79 Å². The molecule has 0 aliphatic carbocycles. The molecule has 19 heavy (non-hydrogen) atoms. The fourth-order valence-electron chi connectivity index (χ4n) is 1.75. The van der Waals surface area contributed by atoms with E-state index >= 15 is 0 Å². The molecule has 1 aromatic heterocycles. The minimum absolute atomic E-state index is 0.141. The van der Waals surface area contributed by atoms with Gasteiger partial charge in [-0.15, -0.1) is 10.2 Å². The van der Waals surface area contributed by atoms with Crippen molar-refractivity contribution in [3.63, 3.8) is 0 Å². The zero-order valence-electron chi connectivity index (χ0n) is 10.5.